The quantitative estimate of drug-likeness (QED) is 0.820. The second kappa shape index (κ2) is 4.99. The van der Waals surface area contributed by atoms with Gasteiger partial charge in [-0.25, -0.2) is 0 Å². The van der Waals surface area contributed by atoms with Crippen molar-refractivity contribution in [1.82, 2.24) is 0 Å². The fourth-order valence-corrected chi connectivity index (χ4v) is 2.03. The summed E-state index contributed by atoms with van der Waals surface area (Å²) in [6.45, 7) is 0. The van der Waals surface area contributed by atoms with Gasteiger partial charge in [-0.3, -0.25) is 0 Å². The van der Waals surface area contributed by atoms with Crippen molar-refractivity contribution >= 4 is 37.5 Å². The number of nitrogens with one attached hydrogen (secondary N) is 1. The summed E-state index contributed by atoms with van der Waals surface area (Å²) in [6.07, 6.45) is 6.36. The van der Waals surface area contributed by atoms with E-state index in [0.717, 1.165) is 23.0 Å². The van der Waals surface area contributed by atoms with Gasteiger partial charge in [-0.05, 0) is 47.7 Å². The van der Waals surface area contributed by atoms with Crippen LogP contribution in [0.25, 0.3) is 0 Å². The van der Waals surface area contributed by atoms with E-state index in [2.05, 4.69) is 61.5 Å². The van der Waals surface area contributed by atoms with Gasteiger partial charge >= 0.3 is 0 Å². The van der Waals surface area contributed by atoms with Crippen molar-refractivity contribution in [2.24, 2.45) is 0 Å². The Morgan fingerprint density at radius 1 is 0.933 bits per heavy atom. The number of benzene rings is 1. The first-order valence-electron chi connectivity index (χ1n) is 4.82. The monoisotopic (exact) mass is 327 g/mol. The van der Waals surface area contributed by atoms with E-state index in [4.69, 9.17) is 0 Å². The molecule has 3 heteroatoms. The van der Waals surface area contributed by atoms with Crippen LogP contribution < -0.4 is 5.32 Å². The van der Waals surface area contributed by atoms with Crippen LogP contribution in [0.4, 0.5) is 5.69 Å². The Morgan fingerprint density at radius 3 is 2.27 bits per heavy atom. The minimum Gasteiger partial charge on any atom is -0.359 e. The van der Waals surface area contributed by atoms with Crippen LogP contribution in [0.2, 0.25) is 0 Å². The van der Waals surface area contributed by atoms with Crippen LogP contribution in [0.1, 0.15) is 12.8 Å². The fraction of sp³-hybridized carbons (Fsp3) is 0.167. The predicted octanol–water partition coefficient (Wildman–Crippen LogP) is 4.82. The summed E-state index contributed by atoms with van der Waals surface area (Å²) in [4.78, 5) is 0. The molecule has 78 valence electrons. The molecule has 2 rings (SSSR count). The summed E-state index contributed by atoms with van der Waals surface area (Å²) in [5.74, 6) is 0. The highest BCUT2D eigenvalue weighted by Gasteiger charge is 2.03. The first-order valence-corrected chi connectivity index (χ1v) is 6.40. The van der Waals surface area contributed by atoms with Gasteiger partial charge < -0.3 is 5.32 Å². The number of hydrogen-bond acceptors (Lipinski definition) is 1. The van der Waals surface area contributed by atoms with E-state index >= 15 is 0 Å². The minimum absolute atomic E-state index is 1.06. The molecule has 0 fully saturated rings. The first kappa shape index (κ1) is 11.0. The third kappa shape index (κ3) is 3.21. The zero-order valence-corrected chi connectivity index (χ0v) is 11.3. The molecule has 1 aromatic rings. The van der Waals surface area contributed by atoms with Gasteiger partial charge in [0, 0.05) is 15.9 Å². The molecule has 0 unspecified atom stereocenters. The lowest BCUT2D eigenvalue weighted by Gasteiger charge is -2.13. The second-order valence-corrected chi connectivity index (χ2v) is 5.37. The van der Waals surface area contributed by atoms with E-state index < -0.39 is 0 Å². The Labute approximate surface area is 107 Å². The lowest BCUT2D eigenvalue weighted by atomic mass is 10.1. The molecule has 0 aliphatic heterocycles. The maximum atomic E-state index is 3.49. The predicted molar refractivity (Wildman–Crippen MR) is 72.1 cm³/mol. The summed E-state index contributed by atoms with van der Waals surface area (Å²) in [6, 6.07) is 8.21. The molecule has 1 aliphatic carbocycles. The largest absolute Gasteiger partial charge is 0.359 e. The van der Waals surface area contributed by atoms with E-state index in [1.807, 2.05) is 12.1 Å². The molecule has 0 bridgehead atoms. The molecule has 0 radical (unpaired) electrons. The maximum absolute atomic E-state index is 3.49. The average Bonchev–Trinajstić information content (AvgIpc) is 2.25. The van der Waals surface area contributed by atoms with Crippen molar-refractivity contribution in [2.75, 3.05) is 5.32 Å². The van der Waals surface area contributed by atoms with Crippen LogP contribution in [0.3, 0.4) is 0 Å². The molecule has 1 aromatic carbocycles. The number of allylic oxidation sites excluding steroid dienone is 4. The van der Waals surface area contributed by atoms with E-state index in [1.54, 1.807) is 0 Å². The summed E-state index contributed by atoms with van der Waals surface area (Å²) >= 11 is 6.91. The number of halogens is 2. The average molecular weight is 329 g/mol. The molecule has 0 spiro atoms. The molecule has 0 saturated carbocycles. The molecule has 0 amide bonds. The molecule has 15 heavy (non-hydrogen) atoms. The van der Waals surface area contributed by atoms with Gasteiger partial charge in [0.1, 0.15) is 0 Å². The van der Waals surface area contributed by atoms with Crippen LogP contribution in [0, 0.1) is 0 Å². The second-order valence-electron chi connectivity index (χ2n) is 3.44. The Morgan fingerprint density at radius 2 is 1.67 bits per heavy atom. The van der Waals surface area contributed by atoms with Crippen molar-refractivity contribution in [3.05, 3.63) is 51.1 Å². The third-order valence-electron chi connectivity index (χ3n) is 2.25. The van der Waals surface area contributed by atoms with Crippen molar-refractivity contribution in [3.63, 3.8) is 0 Å². The van der Waals surface area contributed by atoms with Crippen molar-refractivity contribution in [3.8, 4) is 0 Å². The molecular formula is C12H11Br2N. The molecule has 1 N–H and O–H groups in total. The Bertz CT molecular complexity index is 404. The Kier molecular flexibility index (Phi) is 3.65. The normalized spacial score (nSPS) is 15.6. The van der Waals surface area contributed by atoms with Gasteiger partial charge in [-0.1, -0.05) is 37.9 Å². The Hall–Kier alpha value is -0.540. The molecule has 0 saturated heterocycles. The van der Waals surface area contributed by atoms with Crippen LogP contribution in [-0.2, 0) is 0 Å². The zero-order valence-electron chi connectivity index (χ0n) is 8.13. The highest BCUT2D eigenvalue weighted by atomic mass is 79.9. The van der Waals surface area contributed by atoms with Crippen LogP contribution in [-0.4, -0.2) is 0 Å². The van der Waals surface area contributed by atoms with Crippen molar-refractivity contribution < 1.29 is 0 Å². The van der Waals surface area contributed by atoms with E-state index in [9.17, 15) is 0 Å². The summed E-state index contributed by atoms with van der Waals surface area (Å²) < 4.78 is 2.37. The van der Waals surface area contributed by atoms with Crippen molar-refractivity contribution in [2.45, 2.75) is 12.8 Å². The Balaban J connectivity index is 2.06. The van der Waals surface area contributed by atoms with E-state index in [1.165, 1.54) is 10.2 Å². The van der Waals surface area contributed by atoms with E-state index in [-0.39, 0.29) is 0 Å². The van der Waals surface area contributed by atoms with Gasteiger partial charge in [-0.15, -0.1) is 0 Å². The molecule has 0 aromatic heterocycles. The third-order valence-corrected chi connectivity index (χ3v) is 3.44. The summed E-state index contributed by atoms with van der Waals surface area (Å²) in [5, 5.41) is 3.40. The minimum atomic E-state index is 1.06. The van der Waals surface area contributed by atoms with Gasteiger partial charge in [-0.2, -0.15) is 0 Å². The SMILES string of the molecule is BrC1=CC=C(Nc2ccc(Br)cc2)CC1. The topological polar surface area (TPSA) is 12.0 Å². The fourth-order valence-electron chi connectivity index (χ4n) is 1.43. The standard InChI is InChI=1S/C12H11Br2N/c13-9-1-5-11(6-2-9)15-12-7-3-10(14)4-8-12/h1-3,5-7,15H,4,8H2. The molecule has 0 atom stereocenters. The number of rotatable bonds is 2. The maximum Gasteiger partial charge on any atom is 0.0382 e. The highest BCUT2D eigenvalue weighted by molar-refractivity contribution is 9.11. The van der Waals surface area contributed by atoms with Crippen LogP contribution in [0.5, 0.6) is 0 Å². The number of anilines is 1. The van der Waals surface area contributed by atoms with Gasteiger partial charge in [0.15, 0.2) is 0 Å². The van der Waals surface area contributed by atoms with Gasteiger partial charge in [0.25, 0.3) is 0 Å². The summed E-state index contributed by atoms with van der Waals surface area (Å²) in [5.41, 5.74) is 2.40. The zero-order chi connectivity index (χ0) is 10.7. The lowest BCUT2D eigenvalue weighted by Crippen LogP contribution is -2.01. The highest BCUT2D eigenvalue weighted by Crippen LogP contribution is 2.24. The molecule has 0 heterocycles. The van der Waals surface area contributed by atoms with Crippen LogP contribution >= 0.6 is 31.9 Å². The smallest absolute Gasteiger partial charge is 0.0382 e. The number of hydrogen-bond donors (Lipinski definition) is 1. The van der Waals surface area contributed by atoms with Gasteiger partial charge in [0.05, 0.1) is 0 Å². The van der Waals surface area contributed by atoms with E-state index in [0.29, 0.717) is 0 Å². The van der Waals surface area contributed by atoms with Gasteiger partial charge in [0.2, 0.25) is 0 Å². The molecular weight excluding hydrogens is 318 g/mol. The molecule has 1 aliphatic rings. The van der Waals surface area contributed by atoms with Crippen LogP contribution in [0.15, 0.2) is 51.1 Å². The lowest BCUT2D eigenvalue weighted by molar-refractivity contribution is 0.958. The first-order chi connectivity index (χ1) is 7.24. The van der Waals surface area contributed by atoms with Crippen molar-refractivity contribution in [1.29, 1.82) is 0 Å². The summed E-state index contributed by atoms with van der Waals surface area (Å²) in [7, 11) is 0. The molecule has 1 nitrogen and oxygen atoms in total.